The first-order valence-corrected chi connectivity index (χ1v) is 8.33. The molecule has 0 saturated heterocycles. The Morgan fingerprint density at radius 3 is 1.96 bits per heavy atom. The summed E-state index contributed by atoms with van der Waals surface area (Å²) in [5, 5.41) is 11.5. The number of aliphatic hydroxyl groups is 1. The second-order valence-electron chi connectivity index (χ2n) is 5.99. The highest BCUT2D eigenvalue weighted by atomic mass is 16.3. The Kier molecular flexibility index (Phi) is 4.68. The Morgan fingerprint density at radius 1 is 0.792 bits per heavy atom. The van der Waals surface area contributed by atoms with Gasteiger partial charge in [-0.05, 0) is 30.2 Å². The number of benzene rings is 3. The Labute approximate surface area is 144 Å². The van der Waals surface area contributed by atoms with E-state index in [0.29, 0.717) is 6.42 Å². The van der Waals surface area contributed by atoms with Crippen LogP contribution in [0.5, 0.6) is 0 Å². The normalized spacial score (nSPS) is 13.3. The second kappa shape index (κ2) is 6.90. The lowest BCUT2D eigenvalue weighted by Gasteiger charge is -2.33. The van der Waals surface area contributed by atoms with Crippen molar-refractivity contribution in [2.45, 2.75) is 18.9 Å². The number of para-hydroxylation sites is 2. The largest absolute Gasteiger partial charge is 0.380 e. The molecule has 3 rings (SSSR count). The van der Waals surface area contributed by atoms with Gasteiger partial charge < -0.3 is 10.0 Å². The third-order valence-electron chi connectivity index (χ3n) is 4.62. The molecule has 122 valence electrons. The van der Waals surface area contributed by atoms with Crippen LogP contribution in [0.15, 0.2) is 84.9 Å². The van der Waals surface area contributed by atoms with Gasteiger partial charge in [0, 0.05) is 24.0 Å². The highest BCUT2D eigenvalue weighted by Gasteiger charge is 2.32. The molecule has 1 N–H and O–H groups in total. The molecule has 0 saturated carbocycles. The maximum atomic E-state index is 11.5. The van der Waals surface area contributed by atoms with Gasteiger partial charge in [-0.15, -0.1) is 0 Å². The van der Waals surface area contributed by atoms with Gasteiger partial charge in [0.05, 0.1) is 0 Å². The minimum Gasteiger partial charge on any atom is -0.380 e. The van der Waals surface area contributed by atoms with E-state index in [1.165, 1.54) is 0 Å². The van der Waals surface area contributed by atoms with E-state index in [1.54, 1.807) is 0 Å². The van der Waals surface area contributed by atoms with Gasteiger partial charge >= 0.3 is 0 Å². The Bertz CT molecular complexity index is 785. The summed E-state index contributed by atoms with van der Waals surface area (Å²) in [5.41, 5.74) is 2.93. The summed E-state index contributed by atoms with van der Waals surface area (Å²) in [4.78, 5) is 2.12. The van der Waals surface area contributed by atoms with Crippen molar-refractivity contribution in [3.05, 3.63) is 96.1 Å². The van der Waals surface area contributed by atoms with Crippen LogP contribution in [-0.2, 0) is 5.60 Å². The van der Waals surface area contributed by atoms with Gasteiger partial charge in [-0.2, -0.15) is 0 Å². The van der Waals surface area contributed by atoms with Gasteiger partial charge in [-0.1, -0.05) is 73.7 Å². The molecular weight excluding hydrogens is 294 g/mol. The van der Waals surface area contributed by atoms with Crippen molar-refractivity contribution in [2.75, 3.05) is 11.9 Å². The monoisotopic (exact) mass is 317 g/mol. The van der Waals surface area contributed by atoms with Crippen LogP contribution in [0.1, 0.15) is 24.5 Å². The van der Waals surface area contributed by atoms with E-state index < -0.39 is 5.60 Å². The highest BCUT2D eigenvalue weighted by molar-refractivity contribution is 5.67. The van der Waals surface area contributed by atoms with E-state index in [-0.39, 0.29) is 0 Å². The molecule has 0 fully saturated rings. The van der Waals surface area contributed by atoms with E-state index in [4.69, 9.17) is 0 Å². The van der Waals surface area contributed by atoms with Crippen molar-refractivity contribution in [3.63, 3.8) is 0 Å². The molecule has 0 heterocycles. The lowest BCUT2D eigenvalue weighted by Crippen LogP contribution is -2.28. The molecule has 0 aliphatic carbocycles. The van der Waals surface area contributed by atoms with E-state index in [2.05, 4.69) is 23.1 Å². The van der Waals surface area contributed by atoms with Gasteiger partial charge in [0.15, 0.2) is 0 Å². The predicted octanol–water partition coefficient (Wildman–Crippen LogP) is 5.10. The fourth-order valence-electron chi connectivity index (χ4n) is 3.17. The molecule has 2 nitrogen and oxygen atoms in total. The number of nitrogens with zero attached hydrogens (tertiary/aromatic N) is 1. The second-order valence-corrected chi connectivity index (χ2v) is 5.99. The van der Waals surface area contributed by atoms with Gasteiger partial charge in [0.25, 0.3) is 0 Å². The zero-order chi connectivity index (χ0) is 17.0. The van der Waals surface area contributed by atoms with Gasteiger partial charge in [0.1, 0.15) is 5.60 Å². The molecular formula is C22H23NO. The summed E-state index contributed by atoms with van der Waals surface area (Å²) in [6.45, 7) is 2.02. The number of hydrogen-bond donors (Lipinski definition) is 1. The molecule has 0 amide bonds. The quantitative estimate of drug-likeness (QED) is 0.707. The van der Waals surface area contributed by atoms with Crippen LogP contribution >= 0.6 is 0 Å². The first kappa shape index (κ1) is 16.3. The summed E-state index contributed by atoms with van der Waals surface area (Å²) >= 11 is 0. The summed E-state index contributed by atoms with van der Waals surface area (Å²) in [7, 11) is 2.04. The topological polar surface area (TPSA) is 23.5 Å². The van der Waals surface area contributed by atoms with Crippen LogP contribution in [0.2, 0.25) is 0 Å². The molecule has 0 aromatic heterocycles. The zero-order valence-electron chi connectivity index (χ0n) is 14.2. The molecule has 0 radical (unpaired) electrons. The van der Waals surface area contributed by atoms with Crippen LogP contribution in [0.4, 0.5) is 11.4 Å². The van der Waals surface area contributed by atoms with Crippen molar-refractivity contribution >= 4 is 11.4 Å². The van der Waals surface area contributed by atoms with Crippen molar-refractivity contribution in [1.82, 2.24) is 0 Å². The minimum absolute atomic E-state index is 0.608. The number of hydrogen-bond acceptors (Lipinski definition) is 2. The van der Waals surface area contributed by atoms with Crippen molar-refractivity contribution in [3.8, 4) is 0 Å². The predicted molar refractivity (Wildman–Crippen MR) is 101 cm³/mol. The molecule has 3 aromatic carbocycles. The molecule has 0 spiro atoms. The number of rotatable bonds is 5. The molecule has 1 unspecified atom stereocenters. The summed E-state index contributed by atoms with van der Waals surface area (Å²) < 4.78 is 0. The van der Waals surface area contributed by atoms with E-state index >= 15 is 0 Å². The fourth-order valence-corrected chi connectivity index (χ4v) is 3.17. The smallest absolute Gasteiger partial charge is 0.116 e. The van der Waals surface area contributed by atoms with Gasteiger partial charge in [-0.3, -0.25) is 0 Å². The van der Waals surface area contributed by atoms with Crippen LogP contribution < -0.4 is 4.90 Å². The molecule has 0 aliphatic rings. The lowest BCUT2D eigenvalue weighted by molar-refractivity contribution is 0.0771. The van der Waals surface area contributed by atoms with E-state index in [0.717, 1.165) is 22.5 Å². The third-order valence-corrected chi connectivity index (χ3v) is 4.62. The first-order chi connectivity index (χ1) is 11.7. The maximum Gasteiger partial charge on any atom is 0.116 e. The SMILES string of the molecule is CCC(O)(c1ccccc1)c1ccccc1N(C)c1ccccc1. The fraction of sp³-hybridized carbons (Fsp3) is 0.182. The third kappa shape index (κ3) is 2.93. The average Bonchev–Trinajstić information content (AvgIpc) is 2.68. The van der Waals surface area contributed by atoms with Crippen LogP contribution in [0.25, 0.3) is 0 Å². The first-order valence-electron chi connectivity index (χ1n) is 8.33. The van der Waals surface area contributed by atoms with Gasteiger partial charge in [-0.25, -0.2) is 0 Å². The van der Waals surface area contributed by atoms with E-state index in [1.807, 2.05) is 80.7 Å². The van der Waals surface area contributed by atoms with Crippen molar-refractivity contribution in [1.29, 1.82) is 0 Å². The Morgan fingerprint density at radius 2 is 1.33 bits per heavy atom. The average molecular weight is 317 g/mol. The summed E-state index contributed by atoms with van der Waals surface area (Å²) in [5.74, 6) is 0. The molecule has 0 bridgehead atoms. The molecule has 1 atom stereocenters. The standard InChI is InChI=1S/C22H23NO/c1-3-22(24,18-12-6-4-7-13-18)20-16-10-11-17-21(20)23(2)19-14-8-5-9-15-19/h4-17,24H,3H2,1-2H3. The zero-order valence-corrected chi connectivity index (χ0v) is 14.2. The summed E-state index contributed by atoms with van der Waals surface area (Å²) in [6.07, 6.45) is 0.608. The van der Waals surface area contributed by atoms with Crippen LogP contribution in [0.3, 0.4) is 0 Å². The molecule has 3 aromatic rings. The highest BCUT2D eigenvalue weighted by Crippen LogP contribution is 2.39. The van der Waals surface area contributed by atoms with Gasteiger partial charge in [0.2, 0.25) is 0 Å². The van der Waals surface area contributed by atoms with Crippen molar-refractivity contribution in [2.24, 2.45) is 0 Å². The molecule has 24 heavy (non-hydrogen) atoms. The van der Waals surface area contributed by atoms with Crippen molar-refractivity contribution < 1.29 is 5.11 Å². The maximum absolute atomic E-state index is 11.5. The van der Waals surface area contributed by atoms with Crippen LogP contribution in [0, 0.1) is 0 Å². The number of anilines is 2. The molecule has 0 aliphatic heterocycles. The Hall–Kier alpha value is -2.58. The summed E-state index contributed by atoms with van der Waals surface area (Å²) in [6, 6.07) is 28.2. The van der Waals surface area contributed by atoms with Crippen LogP contribution in [-0.4, -0.2) is 12.2 Å². The molecule has 2 heteroatoms. The minimum atomic E-state index is -1.01. The van der Waals surface area contributed by atoms with E-state index in [9.17, 15) is 5.11 Å². The lowest BCUT2D eigenvalue weighted by atomic mass is 9.83. The Balaban J connectivity index is 2.12.